The van der Waals surface area contributed by atoms with Gasteiger partial charge in [0.05, 0.1) is 6.04 Å². The largest absolute Gasteiger partial charge is 0.352 e. The molecule has 4 heteroatoms. The molecule has 1 aromatic carbocycles. The van der Waals surface area contributed by atoms with Crippen molar-refractivity contribution in [3.63, 3.8) is 0 Å². The maximum absolute atomic E-state index is 12.1. The van der Waals surface area contributed by atoms with Gasteiger partial charge in [0.1, 0.15) is 0 Å². The number of carbonyl (C=O) groups excluding carboxylic acids is 1. The number of thioether (sulfide) groups is 1. The zero-order valence-electron chi connectivity index (χ0n) is 12.8. The van der Waals surface area contributed by atoms with Gasteiger partial charge in [-0.1, -0.05) is 30.3 Å². The van der Waals surface area contributed by atoms with E-state index < -0.39 is 6.04 Å². The van der Waals surface area contributed by atoms with Crippen LogP contribution in [0.1, 0.15) is 37.7 Å². The lowest BCUT2D eigenvalue weighted by molar-refractivity contribution is -0.123. The first-order valence-electron chi connectivity index (χ1n) is 7.81. The second kappa shape index (κ2) is 8.44. The van der Waals surface area contributed by atoms with E-state index in [0.29, 0.717) is 12.5 Å². The number of aryl methyl sites for hydroxylation is 1. The summed E-state index contributed by atoms with van der Waals surface area (Å²) < 4.78 is 0. The summed E-state index contributed by atoms with van der Waals surface area (Å²) in [6, 6.07) is 10.1. The Morgan fingerprint density at radius 3 is 2.57 bits per heavy atom. The second-order valence-corrected chi connectivity index (χ2v) is 6.99. The van der Waals surface area contributed by atoms with E-state index in [1.54, 1.807) is 0 Å². The molecule has 1 aliphatic rings. The molecule has 1 fully saturated rings. The number of hydrogen-bond donors (Lipinski definition) is 2. The Bertz CT molecular complexity index is 430. The zero-order chi connectivity index (χ0) is 15.1. The molecule has 0 radical (unpaired) electrons. The number of nitrogens with one attached hydrogen (secondary N) is 1. The van der Waals surface area contributed by atoms with Crippen LogP contribution in [0.15, 0.2) is 30.3 Å². The van der Waals surface area contributed by atoms with E-state index in [9.17, 15) is 4.79 Å². The lowest BCUT2D eigenvalue weighted by Crippen LogP contribution is -2.46. The van der Waals surface area contributed by atoms with Crippen molar-refractivity contribution in [1.29, 1.82) is 0 Å². The number of amides is 1. The molecule has 21 heavy (non-hydrogen) atoms. The molecule has 0 heterocycles. The van der Waals surface area contributed by atoms with Gasteiger partial charge in [0.15, 0.2) is 0 Å². The molecule has 0 bridgehead atoms. The van der Waals surface area contributed by atoms with E-state index in [-0.39, 0.29) is 5.91 Å². The van der Waals surface area contributed by atoms with Gasteiger partial charge in [-0.15, -0.1) is 0 Å². The van der Waals surface area contributed by atoms with Crippen LogP contribution in [0.2, 0.25) is 0 Å². The molecular formula is C17H26N2OS. The van der Waals surface area contributed by atoms with Crippen LogP contribution in [0.4, 0.5) is 0 Å². The van der Waals surface area contributed by atoms with Crippen molar-refractivity contribution in [2.45, 2.75) is 55.9 Å². The first kappa shape index (κ1) is 16.4. The van der Waals surface area contributed by atoms with Gasteiger partial charge in [-0.25, -0.2) is 0 Å². The van der Waals surface area contributed by atoms with Gasteiger partial charge in [-0.2, -0.15) is 11.8 Å². The van der Waals surface area contributed by atoms with Crippen molar-refractivity contribution in [3.05, 3.63) is 35.9 Å². The van der Waals surface area contributed by atoms with Crippen molar-refractivity contribution in [1.82, 2.24) is 5.32 Å². The highest BCUT2D eigenvalue weighted by Crippen LogP contribution is 2.26. The highest BCUT2D eigenvalue weighted by molar-refractivity contribution is 7.99. The van der Waals surface area contributed by atoms with Gasteiger partial charge in [-0.05, 0) is 50.3 Å². The molecule has 2 rings (SSSR count). The summed E-state index contributed by atoms with van der Waals surface area (Å²) >= 11 is 1.94. The Morgan fingerprint density at radius 2 is 1.95 bits per heavy atom. The van der Waals surface area contributed by atoms with Crippen molar-refractivity contribution < 1.29 is 4.79 Å². The molecular weight excluding hydrogens is 280 g/mol. The Kier molecular flexibility index (Phi) is 6.58. The minimum atomic E-state index is -0.400. The third-order valence-corrected chi connectivity index (χ3v) is 5.42. The Labute approximate surface area is 132 Å². The summed E-state index contributed by atoms with van der Waals surface area (Å²) in [5.74, 6) is 0.0125. The number of nitrogens with two attached hydrogens (primary N) is 1. The predicted molar refractivity (Wildman–Crippen MR) is 90.4 cm³/mol. The fraction of sp³-hybridized carbons (Fsp3) is 0.588. The fourth-order valence-electron chi connectivity index (χ4n) is 2.85. The molecule has 1 amide bonds. The molecule has 0 aliphatic heterocycles. The fourth-order valence-corrected chi connectivity index (χ4v) is 3.59. The molecule has 0 saturated heterocycles. The third-order valence-electron chi connectivity index (χ3n) is 4.28. The van der Waals surface area contributed by atoms with Gasteiger partial charge in [-0.3, -0.25) is 4.79 Å². The Hall–Kier alpha value is -1.00. The maximum atomic E-state index is 12.1. The normalized spacial score (nSPS) is 23.5. The monoisotopic (exact) mass is 306 g/mol. The third kappa shape index (κ3) is 5.36. The van der Waals surface area contributed by atoms with Gasteiger partial charge in [0.25, 0.3) is 0 Å². The summed E-state index contributed by atoms with van der Waals surface area (Å²) in [5.41, 5.74) is 7.26. The van der Waals surface area contributed by atoms with Crippen LogP contribution >= 0.6 is 11.8 Å². The van der Waals surface area contributed by atoms with Crippen molar-refractivity contribution >= 4 is 17.7 Å². The van der Waals surface area contributed by atoms with Crippen LogP contribution in [-0.2, 0) is 11.2 Å². The molecule has 1 atom stereocenters. The number of rotatable bonds is 6. The van der Waals surface area contributed by atoms with Gasteiger partial charge in [0, 0.05) is 11.3 Å². The van der Waals surface area contributed by atoms with E-state index in [4.69, 9.17) is 5.73 Å². The summed E-state index contributed by atoms with van der Waals surface area (Å²) in [7, 11) is 0. The minimum absolute atomic E-state index is 0.0125. The Morgan fingerprint density at radius 1 is 1.29 bits per heavy atom. The van der Waals surface area contributed by atoms with Gasteiger partial charge < -0.3 is 11.1 Å². The molecule has 0 unspecified atom stereocenters. The average Bonchev–Trinajstić information content (AvgIpc) is 2.54. The summed E-state index contributed by atoms with van der Waals surface area (Å²) in [4.78, 5) is 12.1. The first-order chi connectivity index (χ1) is 10.2. The number of carbonyl (C=O) groups is 1. The lowest BCUT2D eigenvalue weighted by atomic mass is 9.94. The standard InChI is InChI=1S/C17H26N2OS/c1-21-15-10-8-14(9-11-15)19-17(20)16(18)12-7-13-5-3-2-4-6-13/h2-6,14-16H,7-12,18H2,1H3,(H,19,20)/t14?,15?,16-/m0/s1. The van der Waals surface area contributed by atoms with Gasteiger partial charge in [0.2, 0.25) is 5.91 Å². The lowest BCUT2D eigenvalue weighted by Gasteiger charge is -2.28. The van der Waals surface area contributed by atoms with Crippen LogP contribution in [0.3, 0.4) is 0 Å². The summed E-state index contributed by atoms with van der Waals surface area (Å²) in [6.45, 7) is 0. The van der Waals surface area contributed by atoms with Crippen LogP contribution in [0, 0.1) is 0 Å². The Balaban J connectivity index is 1.70. The van der Waals surface area contributed by atoms with Crippen molar-refractivity contribution in [3.8, 4) is 0 Å². The molecule has 1 aromatic rings. The van der Waals surface area contributed by atoms with Crippen LogP contribution in [-0.4, -0.2) is 29.5 Å². The molecule has 3 nitrogen and oxygen atoms in total. The van der Waals surface area contributed by atoms with E-state index >= 15 is 0 Å². The van der Waals surface area contributed by atoms with Gasteiger partial charge >= 0.3 is 0 Å². The average molecular weight is 306 g/mol. The van der Waals surface area contributed by atoms with E-state index in [1.165, 1.54) is 18.4 Å². The molecule has 116 valence electrons. The quantitative estimate of drug-likeness (QED) is 0.849. The molecule has 0 spiro atoms. The molecule has 3 N–H and O–H groups in total. The zero-order valence-corrected chi connectivity index (χ0v) is 13.6. The van der Waals surface area contributed by atoms with Crippen molar-refractivity contribution in [2.24, 2.45) is 5.73 Å². The highest BCUT2D eigenvalue weighted by atomic mass is 32.2. The van der Waals surface area contributed by atoms with Crippen molar-refractivity contribution in [2.75, 3.05) is 6.26 Å². The van der Waals surface area contributed by atoms with E-state index in [0.717, 1.165) is 24.5 Å². The molecule has 1 saturated carbocycles. The van der Waals surface area contributed by atoms with Crippen LogP contribution in [0.25, 0.3) is 0 Å². The predicted octanol–water partition coefficient (Wildman–Crippen LogP) is 2.74. The van der Waals surface area contributed by atoms with E-state index in [1.807, 2.05) is 30.0 Å². The number of benzene rings is 1. The number of hydrogen-bond acceptors (Lipinski definition) is 3. The molecule has 1 aliphatic carbocycles. The highest BCUT2D eigenvalue weighted by Gasteiger charge is 2.23. The van der Waals surface area contributed by atoms with Crippen LogP contribution in [0.5, 0.6) is 0 Å². The second-order valence-electron chi connectivity index (χ2n) is 5.85. The first-order valence-corrected chi connectivity index (χ1v) is 9.10. The smallest absolute Gasteiger partial charge is 0.237 e. The topological polar surface area (TPSA) is 55.1 Å². The van der Waals surface area contributed by atoms with E-state index in [2.05, 4.69) is 23.7 Å². The maximum Gasteiger partial charge on any atom is 0.237 e. The summed E-state index contributed by atoms with van der Waals surface area (Å²) in [6.07, 6.45) is 8.30. The summed E-state index contributed by atoms with van der Waals surface area (Å²) in [5, 5.41) is 3.89. The van der Waals surface area contributed by atoms with Crippen LogP contribution < -0.4 is 11.1 Å². The SMILES string of the molecule is CSC1CCC(NC(=O)[C@@H](N)CCc2ccccc2)CC1. The molecule has 0 aromatic heterocycles. The minimum Gasteiger partial charge on any atom is -0.352 e.